The zero-order chi connectivity index (χ0) is 16.5. The van der Waals surface area contributed by atoms with Gasteiger partial charge in [-0.25, -0.2) is 14.1 Å². The number of nitrogens with zero attached hydrogens (tertiary/aromatic N) is 5. The summed E-state index contributed by atoms with van der Waals surface area (Å²) >= 11 is 5.88. The van der Waals surface area contributed by atoms with E-state index in [0.29, 0.717) is 22.2 Å². The summed E-state index contributed by atoms with van der Waals surface area (Å²) in [5, 5.41) is 8.35. The van der Waals surface area contributed by atoms with Crippen molar-refractivity contribution in [1.29, 1.82) is 0 Å². The van der Waals surface area contributed by atoms with E-state index in [1.165, 1.54) is 18.2 Å². The Morgan fingerprint density at radius 1 is 1.17 bits per heavy atom. The molecule has 0 fully saturated rings. The molecule has 3 heterocycles. The largest absolute Gasteiger partial charge is 0.334 e. The minimum Gasteiger partial charge on any atom is -0.334 e. The van der Waals surface area contributed by atoms with Gasteiger partial charge in [0, 0.05) is 29.2 Å². The molecule has 0 bridgehead atoms. The van der Waals surface area contributed by atoms with E-state index in [1.807, 2.05) is 0 Å². The lowest BCUT2D eigenvalue weighted by molar-refractivity contribution is 0.429. The first-order chi connectivity index (χ1) is 11.7. The van der Waals surface area contributed by atoms with E-state index in [1.54, 1.807) is 41.5 Å². The van der Waals surface area contributed by atoms with Gasteiger partial charge in [-0.3, -0.25) is 0 Å². The van der Waals surface area contributed by atoms with Gasteiger partial charge in [-0.1, -0.05) is 16.8 Å². The summed E-state index contributed by atoms with van der Waals surface area (Å²) in [6, 6.07) is 9.51. The molecule has 24 heavy (non-hydrogen) atoms. The van der Waals surface area contributed by atoms with Crippen LogP contribution >= 0.6 is 11.6 Å². The Labute approximate surface area is 140 Å². The van der Waals surface area contributed by atoms with E-state index in [9.17, 15) is 4.39 Å². The molecule has 0 aliphatic heterocycles. The summed E-state index contributed by atoms with van der Waals surface area (Å²) in [7, 11) is 0. The molecule has 4 aromatic rings. The lowest BCUT2D eigenvalue weighted by atomic mass is 10.2. The van der Waals surface area contributed by atoms with Crippen molar-refractivity contribution in [3.05, 3.63) is 65.8 Å². The molecule has 0 N–H and O–H groups in total. The Morgan fingerprint density at radius 2 is 2.08 bits per heavy atom. The lowest BCUT2D eigenvalue weighted by Gasteiger charge is -2.00. The van der Waals surface area contributed by atoms with Crippen LogP contribution in [-0.2, 0) is 0 Å². The Morgan fingerprint density at radius 3 is 2.83 bits per heavy atom. The molecule has 4 rings (SSSR count). The predicted molar refractivity (Wildman–Crippen MR) is 85.1 cm³/mol. The van der Waals surface area contributed by atoms with E-state index in [4.69, 9.17) is 16.1 Å². The molecular formula is C16H9ClFN5O. The van der Waals surface area contributed by atoms with Gasteiger partial charge in [0.1, 0.15) is 5.82 Å². The second-order valence-corrected chi connectivity index (χ2v) is 5.34. The maximum absolute atomic E-state index is 13.9. The predicted octanol–water partition coefficient (Wildman–Crippen LogP) is 3.78. The molecule has 0 aliphatic carbocycles. The van der Waals surface area contributed by atoms with Gasteiger partial charge in [0.2, 0.25) is 5.82 Å². The average Bonchev–Trinajstić information content (AvgIpc) is 3.29. The SMILES string of the molecule is Fc1ccc(Cl)cc1-c1nc(-c2ccc(-n3cccn3)nc2)no1. The lowest BCUT2D eigenvalue weighted by Crippen LogP contribution is -1.97. The van der Waals surface area contributed by atoms with E-state index < -0.39 is 5.82 Å². The Bertz CT molecular complexity index is 982. The number of pyridine rings is 1. The molecule has 0 unspecified atom stereocenters. The normalized spacial score (nSPS) is 10.9. The van der Waals surface area contributed by atoms with Crippen molar-refractivity contribution in [2.75, 3.05) is 0 Å². The Balaban J connectivity index is 1.66. The number of aromatic nitrogens is 5. The fourth-order valence-corrected chi connectivity index (χ4v) is 2.34. The van der Waals surface area contributed by atoms with Crippen molar-refractivity contribution in [1.82, 2.24) is 24.9 Å². The fourth-order valence-electron chi connectivity index (χ4n) is 2.17. The van der Waals surface area contributed by atoms with E-state index in [0.717, 1.165) is 0 Å². The third-order valence-corrected chi connectivity index (χ3v) is 3.57. The van der Waals surface area contributed by atoms with Crippen LogP contribution in [-0.4, -0.2) is 24.9 Å². The van der Waals surface area contributed by atoms with Gasteiger partial charge >= 0.3 is 0 Å². The van der Waals surface area contributed by atoms with Crippen molar-refractivity contribution in [2.45, 2.75) is 0 Å². The van der Waals surface area contributed by atoms with Gasteiger partial charge < -0.3 is 4.52 Å². The minimum atomic E-state index is -0.484. The van der Waals surface area contributed by atoms with Crippen molar-refractivity contribution >= 4 is 11.6 Å². The molecule has 0 atom stereocenters. The van der Waals surface area contributed by atoms with Crippen molar-refractivity contribution < 1.29 is 8.91 Å². The molecule has 3 aromatic heterocycles. The van der Waals surface area contributed by atoms with Crippen LogP contribution in [0.25, 0.3) is 28.7 Å². The van der Waals surface area contributed by atoms with Crippen molar-refractivity contribution in [3.8, 4) is 28.7 Å². The highest BCUT2D eigenvalue weighted by molar-refractivity contribution is 6.30. The first kappa shape index (κ1) is 14.5. The highest BCUT2D eigenvalue weighted by Gasteiger charge is 2.15. The Hall–Kier alpha value is -3.06. The van der Waals surface area contributed by atoms with Gasteiger partial charge in [0.05, 0.1) is 5.56 Å². The van der Waals surface area contributed by atoms with Crippen molar-refractivity contribution in [3.63, 3.8) is 0 Å². The van der Waals surface area contributed by atoms with Gasteiger partial charge in [-0.15, -0.1) is 0 Å². The van der Waals surface area contributed by atoms with Crippen LogP contribution in [0.5, 0.6) is 0 Å². The fraction of sp³-hybridized carbons (Fsp3) is 0. The molecule has 0 radical (unpaired) electrons. The quantitative estimate of drug-likeness (QED) is 0.567. The van der Waals surface area contributed by atoms with Gasteiger partial charge in [0.15, 0.2) is 5.82 Å². The molecule has 6 nitrogen and oxygen atoms in total. The maximum atomic E-state index is 13.9. The molecule has 0 aliphatic rings. The van der Waals surface area contributed by atoms with E-state index in [2.05, 4.69) is 20.2 Å². The summed E-state index contributed by atoms with van der Waals surface area (Å²) in [5.41, 5.74) is 0.797. The van der Waals surface area contributed by atoms with Crippen LogP contribution < -0.4 is 0 Å². The maximum Gasteiger partial charge on any atom is 0.261 e. The first-order valence-electron chi connectivity index (χ1n) is 6.96. The summed E-state index contributed by atoms with van der Waals surface area (Å²) in [5.74, 6) is 0.542. The summed E-state index contributed by atoms with van der Waals surface area (Å²) in [4.78, 5) is 8.50. The zero-order valence-electron chi connectivity index (χ0n) is 12.1. The van der Waals surface area contributed by atoms with E-state index in [-0.39, 0.29) is 11.5 Å². The summed E-state index contributed by atoms with van der Waals surface area (Å²) < 4.78 is 20.6. The number of hydrogen-bond donors (Lipinski definition) is 0. The molecule has 0 spiro atoms. The molecule has 8 heteroatoms. The number of rotatable bonds is 3. The molecule has 1 aromatic carbocycles. The molecule has 0 amide bonds. The molecule has 0 saturated carbocycles. The van der Waals surface area contributed by atoms with Crippen LogP contribution in [0, 0.1) is 5.82 Å². The smallest absolute Gasteiger partial charge is 0.261 e. The zero-order valence-corrected chi connectivity index (χ0v) is 12.9. The number of benzene rings is 1. The third-order valence-electron chi connectivity index (χ3n) is 3.33. The van der Waals surface area contributed by atoms with Crippen LogP contribution in [0.1, 0.15) is 0 Å². The summed E-state index contributed by atoms with van der Waals surface area (Å²) in [6.45, 7) is 0. The summed E-state index contributed by atoms with van der Waals surface area (Å²) in [6.07, 6.45) is 5.05. The Kier molecular flexibility index (Phi) is 3.55. The topological polar surface area (TPSA) is 69.6 Å². The third kappa shape index (κ3) is 2.65. The van der Waals surface area contributed by atoms with Gasteiger partial charge in [0.25, 0.3) is 5.89 Å². The van der Waals surface area contributed by atoms with Gasteiger partial charge in [-0.2, -0.15) is 10.1 Å². The monoisotopic (exact) mass is 341 g/mol. The van der Waals surface area contributed by atoms with Crippen molar-refractivity contribution in [2.24, 2.45) is 0 Å². The minimum absolute atomic E-state index is 0.0566. The van der Waals surface area contributed by atoms with Crippen LogP contribution in [0.2, 0.25) is 5.02 Å². The number of hydrogen-bond acceptors (Lipinski definition) is 5. The molecule has 0 saturated heterocycles. The standard InChI is InChI=1S/C16H9ClFN5O/c17-11-3-4-13(18)12(8-11)16-21-15(22-24-16)10-2-5-14(19-9-10)23-7-1-6-20-23/h1-9H. The second-order valence-electron chi connectivity index (χ2n) is 4.90. The van der Waals surface area contributed by atoms with Crippen LogP contribution in [0.3, 0.4) is 0 Å². The van der Waals surface area contributed by atoms with Gasteiger partial charge in [-0.05, 0) is 36.4 Å². The van der Waals surface area contributed by atoms with Crippen LogP contribution in [0.15, 0.2) is 59.5 Å². The highest BCUT2D eigenvalue weighted by Crippen LogP contribution is 2.26. The first-order valence-corrected chi connectivity index (χ1v) is 7.34. The number of halogens is 2. The second kappa shape index (κ2) is 5.86. The molecular weight excluding hydrogens is 333 g/mol. The van der Waals surface area contributed by atoms with E-state index >= 15 is 0 Å². The molecule has 118 valence electrons. The average molecular weight is 342 g/mol. The highest BCUT2D eigenvalue weighted by atomic mass is 35.5. The van der Waals surface area contributed by atoms with Crippen LogP contribution in [0.4, 0.5) is 4.39 Å².